The number of benzene rings is 2. The zero-order valence-corrected chi connectivity index (χ0v) is 25.2. The number of methoxy groups -OCH3 is 1. The Morgan fingerprint density at radius 2 is 1.93 bits per heavy atom. The summed E-state index contributed by atoms with van der Waals surface area (Å²) >= 11 is 1.53. The van der Waals surface area contributed by atoms with Gasteiger partial charge < -0.3 is 24.3 Å². The highest BCUT2D eigenvalue weighted by atomic mass is 32.2. The van der Waals surface area contributed by atoms with Crippen LogP contribution < -0.4 is 24.4 Å². The summed E-state index contributed by atoms with van der Waals surface area (Å²) in [6.07, 6.45) is 1.91. The summed E-state index contributed by atoms with van der Waals surface area (Å²) in [5.41, 5.74) is 3.13. The van der Waals surface area contributed by atoms with Crippen molar-refractivity contribution >= 4 is 29.4 Å². The Balaban J connectivity index is 1.48. The molecule has 3 aliphatic heterocycles. The lowest BCUT2D eigenvalue weighted by molar-refractivity contribution is -0.123. The molecule has 222 valence electrons. The molecule has 1 aromatic heterocycles. The second-order valence-corrected chi connectivity index (χ2v) is 12.8. The average Bonchev–Trinajstić information content (AvgIpc) is 3.73. The molecule has 1 saturated heterocycles. The first kappa shape index (κ1) is 28.4. The van der Waals surface area contributed by atoms with E-state index >= 15 is 0 Å². The Morgan fingerprint density at radius 1 is 1.14 bits per heavy atom. The number of rotatable bonds is 7. The molecule has 0 radical (unpaired) electrons. The van der Waals surface area contributed by atoms with Crippen molar-refractivity contribution in [2.45, 2.75) is 50.4 Å². The number of fused-ring (bicyclic) bond motifs is 2. The monoisotopic (exact) mass is 592 g/mol. The van der Waals surface area contributed by atoms with Crippen molar-refractivity contribution in [2.75, 3.05) is 44.3 Å². The maximum Gasteiger partial charge on any atom is 0.240 e. The lowest BCUT2D eigenvalue weighted by Crippen LogP contribution is -2.44. The lowest BCUT2D eigenvalue weighted by Gasteiger charge is -2.25. The Labute approximate surface area is 249 Å². The predicted molar refractivity (Wildman–Crippen MR) is 160 cm³/mol. The first-order valence-corrected chi connectivity index (χ1v) is 15.3. The molecular formula is C31H36N4O6S. The zero-order chi connectivity index (χ0) is 29.4. The van der Waals surface area contributed by atoms with Gasteiger partial charge in [-0.25, -0.2) is 4.68 Å². The Kier molecular flexibility index (Phi) is 7.80. The third kappa shape index (κ3) is 5.55. The summed E-state index contributed by atoms with van der Waals surface area (Å²) in [7, 11) is 1.62. The van der Waals surface area contributed by atoms with Crippen LogP contribution in [0.3, 0.4) is 0 Å². The van der Waals surface area contributed by atoms with E-state index in [1.807, 2.05) is 42.5 Å². The van der Waals surface area contributed by atoms with Gasteiger partial charge in [-0.3, -0.25) is 14.5 Å². The van der Waals surface area contributed by atoms with Crippen molar-refractivity contribution in [1.82, 2.24) is 15.1 Å². The third-order valence-electron chi connectivity index (χ3n) is 7.67. The minimum atomic E-state index is -0.363. The lowest BCUT2D eigenvalue weighted by atomic mass is 9.87. The van der Waals surface area contributed by atoms with E-state index < -0.39 is 0 Å². The van der Waals surface area contributed by atoms with E-state index in [0.29, 0.717) is 36.2 Å². The Bertz CT molecular complexity index is 1480. The van der Waals surface area contributed by atoms with E-state index in [2.05, 4.69) is 26.1 Å². The average molecular weight is 593 g/mol. The van der Waals surface area contributed by atoms with Gasteiger partial charge in [0.2, 0.25) is 18.6 Å². The van der Waals surface area contributed by atoms with Gasteiger partial charge in [-0.15, -0.1) is 11.8 Å². The fraction of sp³-hybridized carbons (Fsp3) is 0.452. The van der Waals surface area contributed by atoms with E-state index in [0.717, 1.165) is 35.3 Å². The summed E-state index contributed by atoms with van der Waals surface area (Å²) in [6, 6.07) is 13.4. The van der Waals surface area contributed by atoms with Gasteiger partial charge in [-0.1, -0.05) is 26.8 Å². The molecule has 42 heavy (non-hydrogen) atoms. The number of amides is 2. The summed E-state index contributed by atoms with van der Waals surface area (Å²) < 4.78 is 24.1. The molecule has 4 heterocycles. The van der Waals surface area contributed by atoms with Gasteiger partial charge in [0.05, 0.1) is 35.6 Å². The van der Waals surface area contributed by atoms with Crippen molar-refractivity contribution in [3.63, 3.8) is 0 Å². The van der Waals surface area contributed by atoms with Crippen LogP contribution in [0.2, 0.25) is 0 Å². The summed E-state index contributed by atoms with van der Waals surface area (Å²) in [5.74, 6) is 2.47. The molecule has 0 aliphatic carbocycles. The Hall–Kier alpha value is -3.70. The molecule has 11 heteroatoms. The maximum absolute atomic E-state index is 13.9. The quantitative estimate of drug-likeness (QED) is 0.432. The van der Waals surface area contributed by atoms with Gasteiger partial charge in [-0.05, 0) is 54.8 Å². The van der Waals surface area contributed by atoms with E-state index in [1.54, 1.807) is 16.7 Å². The standard InChI is InChI=1S/C31H36N4O6S/c1-31(2,3)29-27-28(19-7-12-23-24(14-19)41-18-40-23)42-17-26(37)34(16-25(36)32-15-22-6-5-13-39-22)30(27)35(33-29)20-8-10-21(38-4)11-9-20/h7-12,14,22,28H,5-6,13,15-18H2,1-4H3,(H,32,36)/t22-,28-/m0/s1. The molecule has 6 rings (SSSR count). The SMILES string of the molecule is COc1ccc(-n2nc(C(C)(C)C)c3c2N(CC(=O)NC[C@@H]2CCCO2)C(=O)CS[C@H]3c2ccc3c(c2)OCO3)cc1. The highest BCUT2D eigenvalue weighted by Gasteiger charge is 2.40. The van der Waals surface area contributed by atoms with Crippen LogP contribution >= 0.6 is 11.8 Å². The van der Waals surface area contributed by atoms with E-state index in [-0.39, 0.29) is 47.7 Å². The van der Waals surface area contributed by atoms with Crippen LogP contribution in [0.25, 0.3) is 5.69 Å². The van der Waals surface area contributed by atoms with Gasteiger partial charge in [0.15, 0.2) is 11.5 Å². The van der Waals surface area contributed by atoms with E-state index in [9.17, 15) is 9.59 Å². The maximum atomic E-state index is 13.9. The number of hydrogen-bond donors (Lipinski definition) is 1. The zero-order valence-electron chi connectivity index (χ0n) is 24.3. The van der Waals surface area contributed by atoms with E-state index in [4.69, 9.17) is 24.0 Å². The number of aromatic nitrogens is 2. The second-order valence-electron chi connectivity index (χ2n) is 11.7. The Morgan fingerprint density at radius 3 is 2.64 bits per heavy atom. The highest BCUT2D eigenvalue weighted by molar-refractivity contribution is 8.00. The molecule has 2 atom stereocenters. The van der Waals surface area contributed by atoms with Gasteiger partial charge in [0, 0.05) is 24.1 Å². The largest absolute Gasteiger partial charge is 0.497 e. The molecule has 3 aliphatic rings. The minimum absolute atomic E-state index is 0.00705. The topological polar surface area (TPSA) is 104 Å². The van der Waals surface area contributed by atoms with Crippen LogP contribution in [-0.4, -0.2) is 67.1 Å². The summed E-state index contributed by atoms with van der Waals surface area (Å²) in [6.45, 7) is 7.52. The molecule has 2 amide bonds. The van der Waals surface area contributed by atoms with Gasteiger partial charge in [0.1, 0.15) is 18.1 Å². The first-order valence-electron chi connectivity index (χ1n) is 14.2. The van der Waals surface area contributed by atoms with Crippen LogP contribution in [-0.2, 0) is 19.7 Å². The second kappa shape index (κ2) is 11.5. The van der Waals surface area contributed by atoms with Gasteiger partial charge >= 0.3 is 0 Å². The molecule has 0 saturated carbocycles. The first-order chi connectivity index (χ1) is 20.2. The van der Waals surface area contributed by atoms with Gasteiger partial charge in [0.25, 0.3) is 0 Å². The normalized spacial score (nSPS) is 19.9. The third-order valence-corrected chi connectivity index (χ3v) is 8.92. The minimum Gasteiger partial charge on any atom is -0.497 e. The van der Waals surface area contributed by atoms with Crippen LogP contribution in [0.4, 0.5) is 5.82 Å². The molecule has 0 spiro atoms. The predicted octanol–water partition coefficient (Wildman–Crippen LogP) is 4.37. The number of ether oxygens (including phenoxy) is 4. The summed E-state index contributed by atoms with van der Waals surface area (Å²) in [4.78, 5) is 28.8. The number of carbonyl (C=O) groups is 2. The molecule has 1 fully saturated rings. The number of nitrogens with one attached hydrogen (secondary N) is 1. The number of thioether (sulfide) groups is 1. The molecule has 3 aromatic rings. The highest BCUT2D eigenvalue weighted by Crippen LogP contribution is 2.50. The number of carbonyl (C=O) groups excluding carboxylic acids is 2. The molecule has 2 aromatic carbocycles. The smallest absolute Gasteiger partial charge is 0.240 e. The van der Waals surface area contributed by atoms with Crippen molar-refractivity contribution in [2.24, 2.45) is 0 Å². The van der Waals surface area contributed by atoms with Crippen molar-refractivity contribution in [3.8, 4) is 22.9 Å². The molecule has 0 unspecified atom stereocenters. The molecule has 10 nitrogen and oxygen atoms in total. The number of anilines is 1. The van der Waals surface area contributed by atoms with Crippen LogP contribution in [0, 0.1) is 0 Å². The number of nitrogens with zero attached hydrogens (tertiary/aromatic N) is 3. The number of hydrogen-bond acceptors (Lipinski definition) is 8. The van der Waals surface area contributed by atoms with Crippen LogP contribution in [0.1, 0.15) is 55.7 Å². The fourth-order valence-corrected chi connectivity index (χ4v) is 6.74. The molecule has 0 bridgehead atoms. The molecule has 1 N–H and O–H groups in total. The van der Waals surface area contributed by atoms with Crippen molar-refractivity contribution in [3.05, 3.63) is 59.3 Å². The van der Waals surface area contributed by atoms with Crippen LogP contribution in [0.5, 0.6) is 17.2 Å². The van der Waals surface area contributed by atoms with Crippen LogP contribution in [0.15, 0.2) is 42.5 Å². The molecular weight excluding hydrogens is 556 g/mol. The van der Waals surface area contributed by atoms with Crippen molar-refractivity contribution in [1.29, 1.82) is 0 Å². The summed E-state index contributed by atoms with van der Waals surface area (Å²) in [5, 5.41) is 7.89. The van der Waals surface area contributed by atoms with Crippen molar-refractivity contribution < 1.29 is 28.5 Å². The van der Waals surface area contributed by atoms with E-state index in [1.165, 1.54) is 11.8 Å². The fourth-order valence-electron chi connectivity index (χ4n) is 5.55. The van der Waals surface area contributed by atoms with Gasteiger partial charge in [-0.2, -0.15) is 5.10 Å².